The number of benzene rings is 2. The molecule has 130 valence electrons. The summed E-state index contributed by atoms with van der Waals surface area (Å²) in [6.45, 7) is 6.34. The number of hydrogen-bond donors (Lipinski definition) is 1. The van der Waals surface area contributed by atoms with Gasteiger partial charge in [0.05, 0.1) is 17.6 Å². The van der Waals surface area contributed by atoms with Gasteiger partial charge in [-0.2, -0.15) is 0 Å². The quantitative estimate of drug-likeness (QED) is 0.528. The fourth-order valence-corrected chi connectivity index (χ4v) is 2.60. The molecule has 5 heteroatoms. The van der Waals surface area contributed by atoms with Crippen molar-refractivity contribution in [3.8, 4) is 22.9 Å². The Balaban J connectivity index is 1.91. The van der Waals surface area contributed by atoms with Crippen molar-refractivity contribution >= 4 is 17.0 Å². The van der Waals surface area contributed by atoms with E-state index in [9.17, 15) is 4.79 Å². The van der Waals surface area contributed by atoms with Crippen molar-refractivity contribution in [2.24, 2.45) is 5.92 Å². The predicted octanol–water partition coefficient (Wildman–Crippen LogP) is 4.58. The van der Waals surface area contributed by atoms with Crippen molar-refractivity contribution in [3.05, 3.63) is 42.5 Å². The molecule has 0 aliphatic heterocycles. The van der Waals surface area contributed by atoms with Crippen LogP contribution >= 0.6 is 0 Å². The number of aromatic nitrogens is 2. The lowest BCUT2D eigenvalue weighted by Crippen LogP contribution is -2.11. The molecule has 5 nitrogen and oxygen atoms in total. The van der Waals surface area contributed by atoms with Gasteiger partial charge in [0, 0.05) is 12.0 Å². The number of ether oxygens (including phenoxy) is 2. The van der Waals surface area contributed by atoms with Crippen molar-refractivity contribution in [2.75, 3.05) is 6.61 Å². The number of para-hydroxylation sites is 2. The number of rotatable bonds is 6. The van der Waals surface area contributed by atoms with E-state index in [-0.39, 0.29) is 11.9 Å². The van der Waals surface area contributed by atoms with Crippen LogP contribution in [0.1, 0.15) is 27.2 Å². The van der Waals surface area contributed by atoms with Crippen molar-refractivity contribution in [3.63, 3.8) is 0 Å². The molecule has 1 aromatic heterocycles. The van der Waals surface area contributed by atoms with Crippen LogP contribution in [0.4, 0.5) is 0 Å². The molecule has 2 aromatic carbocycles. The number of carbonyl (C=O) groups excluding carboxylic acids is 1. The van der Waals surface area contributed by atoms with E-state index in [4.69, 9.17) is 9.47 Å². The van der Waals surface area contributed by atoms with E-state index >= 15 is 0 Å². The van der Waals surface area contributed by atoms with Gasteiger partial charge in [-0.3, -0.25) is 4.79 Å². The molecule has 3 rings (SSSR count). The number of esters is 1. The van der Waals surface area contributed by atoms with E-state index in [2.05, 4.69) is 9.97 Å². The van der Waals surface area contributed by atoms with Crippen LogP contribution in [0, 0.1) is 5.92 Å². The molecule has 1 N–H and O–H groups in total. The molecular formula is C20H22N2O3. The van der Waals surface area contributed by atoms with Gasteiger partial charge in [0.1, 0.15) is 5.82 Å². The molecule has 3 aromatic rings. The highest BCUT2D eigenvalue weighted by Crippen LogP contribution is 2.33. The minimum absolute atomic E-state index is 0.248. The maximum Gasteiger partial charge on any atom is 0.311 e. The first-order valence-electron chi connectivity index (χ1n) is 8.49. The van der Waals surface area contributed by atoms with Crippen molar-refractivity contribution < 1.29 is 14.3 Å². The summed E-state index contributed by atoms with van der Waals surface area (Å²) in [7, 11) is 0. The lowest BCUT2D eigenvalue weighted by Gasteiger charge is -2.12. The van der Waals surface area contributed by atoms with Crippen LogP contribution in [0.25, 0.3) is 22.4 Å². The third kappa shape index (κ3) is 3.99. The molecule has 0 amide bonds. The second kappa shape index (κ2) is 7.38. The number of fused-ring (bicyclic) bond motifs is 1. The summed E-state index contributed by atoms with van der Waals surface area (Å²) in [6.07, 6.45) is 0.372. The SMILES string of the molecule is CCOc1cc(-c2nc3ccccc3[nH]2)ccc1OC(=O)CC(C)C. The number of carbonyl (C=O) groups is 1. The summed E-state index contributed by atoms with van der Waals surface area (Å²) in [4.78, 5) is 19.8. The van der Waals surface area contributed by atoms with E-state index < -0.39 is 0 Å². The Morgan fingerprint density at radius 2 is 1.96 bits per heavy atom. The minimum Gasteiger partial charge on any atom is -0.490 e. The average Bonchev–Trinajstić information content (AvgIpc) is 3.00. The summed E-state index contributed by atoms with van der Waals surface area (Å²) in [5.74, 6) is 1.72. The van der Waals surface area contributed by atoms with E-state index in [1.807, 2.05) is 57.2 Å². The highest BCUT2D eigenvalue weighted by atomic mass is 16.6. The highest BCUT2D eigenvalue weighted by Gasteiger charge is 2.14. The normalized spacial score (nSPS) is 11.0. The van der Waals surface area contributed by atoms with Crippen LogP contribution in [0.3, 0.4) is 0 Å². The summed E-state index contributed by atoms with van der Waals surface area (Å²) in [5, 5.41) is 0. The molecular weight excluding hydrogens is 316 g/mol. The first-order chi connectivity index (χ1) is 12.1. The first-order valence-corrected chi connectivity index (χ1v) is 8.49. The van der Waals surface area contributed by atoms with Crippen LogP contribution in [0.5, 0.6) is 11.5 Å². The van der Waals surface area contributed by atoms with Crippen LogP contribution in [0.15, 0.2) is 42.5 Å². The van der Waals surface area contributed by atoms with Crippen molar-refractivity contribution in [1.29, 1.82) is 0 Å². The Labute approximate surface area is 147 Å². The number of H-pyrrole nitrogens is 1. The fraction of sp³-hybridized carbons (Fsp3) is 0.300. The van der Waals surface area contributed by atoms with Crippen LogP contribution < -0.4 is 9.47 Å². The molecule has 0 unspecified atom stereocenters. The van der Waals surface area contributed by atoms with Gasteiger partial charge in [0.25, 0.3) is 0 Å². The van der Waals surface area contributed by atoms with Crippen molar-refractivity contribution in [2.45, 2.75) is 27.2 Å². The second-order valence-corrected chi connectivity index (χ2v) is 6.27. The molecule has 0 saturated carbocycles. The van der Waals surface area contributed by atoms with Gasteiger partial charge in [-0.05, 0) is 43.2 Å². The predicted molar refractivity (Wildman–Crippen MR) is 97.8 cm³/mol. The zero-order valence-corrected chi connectivity index (χ0v) is 14.7. The number of nitrogens with zero attached hydrogens (tertiary/aromatic N) is 1. The average molecular weight is 338 g/mol. The van der Waals surface area contributed by atoms with Gasteiger partial charge >= 0.3 is 5.97 Å². The van der Waals surface area contributed by atoms with Gasteiger partial charge in [-0.15, -0.1) is 0 Å². The molecule has 0 bridgehead atoms. The minimum atomic E-state index is -0.257. The molecule has 1 heterocycles. The van der Waals surface area contributed by atoms with Gasteiger partial charge in [0.2, 0.25) is 0 Å². The second-order valence-electron chi connectivity index (χ2n) is 6.27. The zero-order valence-electron chi connectivity index (χ0n) is 14.7. The Bertz CT molecular complexity index is 851. The van der Waals surface area contributed by atoms with E-state index in [0.717, 1.165) is 22.4 Å². The number of hydrogen-bond acceptors (Lipinski definition) is 4. The zero-order chi connectivity index (χ0) is 17.8. The lowest BCUT2D eigenvalue weighted by atomic mass is 10.1. The summed E-state index contributed by atoms with van der Waals surface area (Å²) in [5.41, 5.74) is 2.76. The smallest absolute Gasteiger partial charge is 0.311 e. The Hall–Kier alpha value is -2.82. The topological polar surface area (TPSA) is 64.2 Å². The third-order valence-electron chi connectivity index (χ3n) is 3.71. The van der Waals surface area contributed by atoms with Crippen LogP contribution in [-0.2, 0) is 4.79 Å². The van der Waals surface area contributed by atoms with Crippen LogP contribution in [0.2, 0.25) is 0 Å². The molecule has 25 heavy (non-hydrogen) atoms. The van der Waals surface area contributed by atoms with E-state index in [1.165, 1.54) is 0 Å². The molecule has 0 saturated heterocycles. The third-order valence-corrected chi connectivity index (χ3v) is 3.71. The van der Waals surface area contributed by atoms with Crippen molar-refractivity contribution in [1.82, 2.24) is 9.97 Å². The summed E-state index contributed by atoms with van der Waals surface area (Å²) >= 11 is 0. The number of aromatic amines is 1. The standard InChI is InChI=1S/C20H22N2O3/c1-4-24-18-12-14(9-10-17(18)25-19(23)11-13(2)3)20-21-15-7-5-6-8-16(15)22-20/h5-10,12-13H,4,11H2,1-3H3,(H,21,22). The molecule has 0 aliphatic carbocycles. The van der Waals surface area contributed by atoms with Gasteiger partial charge in [-0.25, -0.2) is 4.98 Å². The largest absolute Gasteiger partial charge is 0.490 e. The Morgan fingerprint density at radius 1 is 1.16 bits per heavy atom. The summed E-state index contributed by atoms with van der Waals surface area (Å²) < 4.78 is 11.1. The maximum atomic E-state index is 12.0. The van der Waals surface area contributed by atoms with Gasteiger partial charge in [0.15, 0.2) is 11.5 Å². The first kappa shape index (κ1) is 17.0. The highest BCUT2D eigenvalue weighted by molar-refractivity contribution is 5.80. The number of imidazole rings is 1. The monoisotopic (exact) mass is 338 g/mol. The molecule has 0 atom stereocenters. The van der Waals surface area contributed by atoms with Crippen LogP contribution in [-0.4, -0.2) is 22.5 Å². The summed E-state index contributed by atoms with van der Waals surface area (Å²) in [6, 6.07) is 13.3. The van der Waals surface area contributed by atoms with E-state index in [1.54, 1.807) is 6.07 Å². The lowest BCUT2D eigenvalue weighted by molar-refractivity contribution is -0.135. The molecule has 0 aliphatic rings. The molecule has 0 radical (unpaired) electrons. The molecule has 0 spiro atoms. The Kier molecular flexibility index (Phi) is 5.03. The Morgan fingerprint density at radius 3 is 2.68 bits per heavy atom. The fourth-order valence-electron chi connectivity index (χ4n) is 2.60. The van der Waals surface area contributed by atoms with E-state index in [0.29, 0.717) is 24.5 Å². The van der Waals surface area contributed by atoms with Gasteiger partial charge in [-0.1, -0.05) is 26.0 Å². The van der Waals surface area contributed by atoms with Gasteiger partial charge < -0.3 is 14.5 Å². The number of nitrogens with one attached hydrogen (secondary N) is 1. The maximum absolute atomic E-state index is 12.0. The molecule has 0 fully saturated rings.